The van der Waals surface area contributed by atoms with Crippen LogP contribution >= 0.6 is 15.9 Å². The van der Waals surface area contributed by atoms with Crippen molar-refractivity contribution >= 4 is 27.4 Å². The van der Waals surface area contributed by atoms with Crippen molar-refractivity contribution in [1.29, 1.82) is 0 Å². The third-order valence-corrected chi connectivity index (χ3v) is 2.56. The average molecular weight is 288 g/mol. The number of ether oxygens (including phenoxy) is 1. The van der Waals surface area contributed by atoms with Crippen LogP contribution in [0.5, 0.6) is 5.75 Å². The summed E-state index contributed by atoms with van der Waals surface area (Å²) in [6, 6.07) is 2.97. The van der Waals surface area contributed by atoms with Crippen molar-refractivity contribution in [1.82, 2.24) is 0 Å². The molecule has 0 aliphatic carbocycles. The predicted molar refractivity (Wildman–Crippen MR) is 62.0 cm³/mol. The summed E-state index contributed by atoms with van der Waals surface area (Å²) in [6.45, 7) is 3.30. The summed E-state index contributed by atoms with van der Waals surface area (Å²) < 4.78 is 5.64. The lowest BCUT2D eigenvalue weighted by Gasteiger charge is -2.08. The van der Waals surface area contributed by atoms with Crippen LogP contribution in [0.3, 0.4) is 0 Å². The topological polar surface area (TPSA) is 69.4 Å². The molecule has 0 bridgehead atoms. The second-order valence-corrected chi connectivity index (χ2v) is 3.87. The second-order valence-electron chi connectivity index (χ2n) is 3.02. The highest BCUT2D eigenvalue weighted by Crippen LogP contribution is 2.38. The van der Waals surface area contributed by atoms with E-state index in [0.29, 0.717) is 11.1 Å². The molecule has 0 saturated heterocycles. The van der Waals surface area contributed by atoms with Crippen LogP contribution in [0.2, 0.25) is 0 Å². The van der Waals surface area contributed by atoms with Crippen LogP contribution in [0.1, 0.15) is 24.2 Å². The Morgan fingerprint density at radius 1 is 1.56 bits per heavy atom. The van der Waals surface area contributed by atoms with E-state index in [4.69, 9.17) is 4.74 Å². The van der Waals surface area contributed by atoms with Crippen molar-refractivity contribution in [2.75, 3.05) is 6.61 Å². The van der Waals surface area contributed by atoms with Gasteiger partial charge in [-0.15, -0.1) is 0 Å². The molecule has 0 saturated carbocycles. The number of nitro benzene ring substituents is 1. The fourth-order valence-electron chi connectivity index (χ4n) is 1.29. The molecule has 0 atom stereocenters. The number of hydrogen-bond acceptors (Lipinski definition) is 4. The zero-order valence-corrected chi connectivity index (χ0v) is 10.4. The predicted octanol–water partition coefficient (Wildman–Crippen LogP) is 2.96. The van der Waals surface area contributed by atoms with E-state index in [-0.39, 0.29) is 22.8 Å². The van der Waals surface area contributed by atoms with Gasteiger partial charge in [0, 0.05) is 0 Å². The van der Waals surface area contributed by atoms with Crippen molar-refractivity contribution in [2.24, 2.45) is 0 Å². The molecule has 5 nitrogen and oxygen atoms in total. The Hall–Kier alpha value is -1.43. The molecule has 0 fully saturated rings. The minimum atomic E-state index is -0.605. The van der Waals surface area contributed by atoms with Gasteiger partial charge in [0.1, 0.15) is 0 Å². The maximum Gasteiger partial charge on any atom is 0.322 e. The van der Waals surface area contributed by atoms with Crippen molar-refractivity contribution in [2.45, 2.75) is 13.8 Å². The third-order valence-electron chi connectivity index (χ3n) is 1.93. The van der Waals surface area contributed by atoms with Crippen molar-refractivity contribution in [3.8, 4) is 5.75 Å². The van der Waals surface area contributed by atoms with E-state index in [2.05, 4.69) is 15.9 Å². The largest absolute Gasteiger partial charge is 0.486 e. The number of halogens is 1. The third kappa shape index (κ3) is 2.38. The number of Topliss-reactive ketones (excluding diaryl/α,β-unsaturated/α-hetero) is 1. The molecule has 0 heterocycles. The molecule has 0 aromatic heterocycles. The normalized spacial score (nSPS) is 9.94. The summed E-state index contributed by atoms with van der Waals surface area (Å²) in [5.74, 6) is -0.264. The van der Waals surface area contributed by atoms with Gasteiger partial charge in [-0.25, -0.2) is 0 Å². The molecule has 0 N–H and O–H groups in total. The Balaban J connectivity index is 3.49. The highest BCUT2D eigenvalue weighted by molar-refractivity contribution is 9.10. The SMILES string of the molecule is CCOc1c(Br)ccc(C(C)=O)c1[N+](=O)[O-]. The van der Waals surface area contributed by atoms with Crippen LogP contribution in [0, 0.1) is 10.1 Å². The molecule has 16 heavy (non-hydrogen) atoms. The van der Waals surface area contributed by atoms with Crippen LogP contribution in [-0.2, 0) is 0 Å². The number of carbonyl (C=O) groups is 1. The summed E-state index contributed by atoms with van der Waals surface area (Å²) in [5, 5.41) is 10.9. The van der Waals surface area contributed by atoms with Gasteiger partial charge < -0.3 is 4.74 Å². The first-order valence-electron chi connectivity index (χ1n) is 4.59. The van der Waals surface area contributed by atoms with E-state index in [0.717, 1.165) is 0 Å². The summed E-state index contributed by atoms with van der Waals surface area (Å²) >= 11 is 3.16. The summed E-state index contributed by atoms with van der Waals surface area (Å²) in [4.78, 5) is 21.6. The standard InChI is InChI=1S/C10H10BrNO4/c1-3-16-10-8(11)5-4-7(6(2)13)9(10)12(14)15/h4-5H,3H2,1-2H3. The highest BCUT2D eigenvalue weighted by atomic mass is 79.9. The van der Waals surface area contributed by atoms with E-state index >= 15 is 0 Å². The smallest absolute Gasteiger partial charge is 0.322 e. The van der Waals surface area contributed by atoms with Crippen molar-refractivity contribution in [3.63, 3.8) is 0 Å². The van der Waals surface area contributed by atoms with Crippen LogP contribution in [0.25, 0.3) is 0 Å². The number of rotatable bonds is 4. The van der Waals surface area contributed by atoms with Gasteiger partial charge in [0.25, 0.3) is 0 Å². The van der Waals surface area contributed by atoms with Crippen LogP contribution < -0.4 is 4.74 Å². The summed E-state index contributed by atoms with van der Waals surface area (Å²) in [5.41, 5.74) is -0.236. The van der Waals surface area contributed by atoms with Crippen LogP contribution in [0.4, 0.5) is 5.69 Å². The van der Waals surface area contributed by atoms with Gasteiger partial charge >= 0.3 is 5.69 Å². The summed E-state index contributed by atoms with van der Waals surface area (Å²) in [7, 11) is 0. The molecule has 0 aliphatic rings. The number of carbonyl (C=O) groups excluding carboxylic acids is 1. The molecule has 0 aliphatic heterocycles. The number of hydrogen-bond donors (Lipinski definition) is 0. The number of nitrogens with zero attached hydrogens (tertiary/aromatic N) is 1. The van der Waals surface area contributed by atoms with E-state index in [1.807, 2.05) is 0 Å². The Morgan fingerprint density at radius 3 is 2.62 bits per heavy atom. The van der Waals surface area contributed by atoms with Crippen LogP contribution in [0.15, 0.2) is 16.6 Å². The maximum absolute atomic E-state index is 11.3. The molecule has 86 valence electrons. The maximum atomic E-state index is 11.3. The molecular weight excluding hydrogens is 278 g/mol. The van der Waals surface area contributed by atoms with Crippen molar-refractivity contribution < 1.29 is 14.5 Å². The second kappa shape index (κ2) is 5.07. The lowest BCUT2D eigenvalue weighted by molar-refractivity contribution is -0.386. The Morgan fingerprint density at radius 2 is 2.19 bits per heavy atom. The number of nitro groups is 1. The Bertz CT molecular complexity index is 445. The van der Waals surface area contributed by atoms with Gasteiger partial charge in [0.2, 0.25) is 5.75 Å². The Kier molecular flexibility index (Phi) is 4.00. The lowest BCUT2D eigenvalue weighted by atomic mass is 10.1. The molecule has 1 aromatic carbocycles. The molecule has 0 spiro atoms. The molecule has 0 unspecified atom stereocenters. The number of ketones is 1. The number of benzene rings is 1. The van der Waals surface area contributed by atoms with Gasteiger partial charge in [0.15, 0.2) is 5.78 Å². The minimum Gasteiger partial charge on any atom is -0.486 e. The lowest BCUT2D eigenvalue weighted by Crippen LogP contribution is -2.04. The zero-order chi connectivity index (χ0) is 12.3. The van der Waals surface area contributed by atoms with Gasteiger partial charge in [0.05, 0.1) is 21.6 Å². The van der Waals surface area contributed by atoms with Gasteiger partial charge in [-0.2, -0.15) is 0 Å². The molecular formula is C10H10BrNO4. The van der Waals surface area contributed by atoms with Crippen molar-refractivity contribution in [3.05, 3.63) is 32.3 Å². The molecule has 0 amide bonds. The van der Waals surface area contributed by atoms with Crippen LogP contribution in [-0.4, -0.2) is 17.3 Å². The monoisotopic (exact) mass is 287 g/mol. The van der Waals surface area contributed by atoms with E-state index in [1.54, 1.807) is 13.0 Å². The van der Waals surface area contributed by atoms with E-state index in [9.17, 15) is 14.9 Å². The van der Waals surface area contributed by atoms with Gasteiger partial charge in [-0.05, 0) is 41.9 Å². The quantitative estimate of drug-likeness (QED) is 0.485. The fraction of sp³-hybridized carbons (Fsp3) is 0.300. The minimum absolute atomic E-state index is 0.0525. The zero-order valence-electron chi connectivity index (χ0n) is 8.82. The molecule has 0 radical (unpaired) electrons. The Labute approximate surface area is 101 Å². The van der Waals surface area contributed by atoms with Gasteiger partial charge in [-0.3, -0.25) is 14.9 Å². The first kappa shape index (κ1) is 12.6. The fourth-order valence-corrected chi connectivity index (χ4v) is 1.73. The molecule has 1 rings (SSSR count). The molecule has 6 heteroatoms. The molecule has 1 aromatic rings. The highest BCUT2D eigenvalue weighted by Gasteiger charge is 2.25. The van der Waals surface area contributed by atoms with Gasteiger partial charge in [-0.1, -0.05) is 0 Å². The van der Waals surface area contributed by atoms with E-state index in [1.165, 1.54) is 13.0 Å². The van der Waals surface area contributed by atoms with E-state index < -0.39 is 4.92 Å². The first-order chi connectivity index (χ1) is 7.49. The summed E-state index contributed by atoms with van der Waals surface area (Å²) in [6.07, 6.45) is 0. The average Bonchev–Trinajstić information content (AvgIpc) is 2.20. The first-order valence-corrected chi connectivity index (χ1v) is 5.39.